The van der Waals surface area contributed by atoms with Gasteiger partial charge in [-0.15, -0.1) is 0 Å². The van der Waals surface area contributed by atoms with Crippen molar-refractivity contribution < 1.29 is 15.0 Å². The molecule has 3 nitrogen and oxygen atoms in total. The zero-order valence-corrected chi connectivity index (χ0v) is 9.16. The molecule has 0 saturated heterocycles. The molecule has 3 heteroatoms. The third-order valence-corrected chi connectivity index (χ3v) is 3.12. The van der Waals surface area contributed by atoms with E-state index in [-0.39, 0.29) is 11.3 Å². The fourth-order valence-corrected chi connectivity index (χ4v) is 2.86. The highest BCUT2D eigenvalue weighted by molar-refractivity contribution is 5.72. The molecule has 3 atom stereocenters. The summed E-state index contributed by atoms with van der Waals surface area (Å²) in [7, 11) is 0. The average molecular weight is 200 g/mol. The van der Waals surface area contributed by atoms with E-state index >= 15 is 0 Å². The minimum Gasteiger partial charge on any atom is -0.479 e. The second kappa shape index (κ2) is 3.89. The van der Waals surface area contributed by atoms with Gasteiger partial charge < -0.3 is 10.2 Å². The molecule has 14 heavy (non-hydrogen) atoms. The molecule has 1 aliphatic rings. The summed E-state index contributed by atoms with van der Waals surface area (Å²) in [5.41, 5.74) is 0.165. The van der Waals surface area contributed by atoms with Crippen LogP contribution < -0.4 is 0 Å². The molecule has 0 aromatic heterocycles. The Hall–Kier alpha value is -0.570. The SMILES string of the molecule is CC1CC(C(O)C(=O)O)CC(C)(C)C1. The summed E-state index contributed by atoms with van der Waals surface area (Å²) in [5.74, 6) is -0.649. The third-order valence-electron chi connectivity index (χ3n) is 3.12. The molecular formula is C11H20O3. The molecule has 0 amide bonds. The number of aliphatic carboxylic acids is 1. The Labute approximate surface area is 85.1 Å². The molecule has 1 saturated carbocycles. The molecule has 82 valence electrons. The van der Waals surface area contributed by atoms with Gasteiger partial charge in [-0.2, -0.15) is 0 Å². The molecule has 1 rings (SSSR count). The van der Waals surface area contributed by atoms with Gasteiger partial charge in [0.15, 0.2) is 6.10 Å². The third kappa shape index (κ3) is 2.71. The van der Waals surface area contributed by atoms with Crippen molar-refractivity contribution in [2.45, 2.75) is 46.1 Å². The van der Waals surface area contributed by atoms with E-state index in [1.165, 1.54) is 0 Å². The maximum absolute atomic E-state index is 10.7. The van der Waals surface area contributed by atoms with Crippen LogP contribution in [0.5, 0.6) is 0 Å². The largest absolute Gasteiger partial charge is 0.479 e. The molecule has 0 aromatic carbocycles. The van der Waals surface area contributed by atoms with E-state index < -0.39 is 12.1 Å². The fraction of sp³-hybridized carbons (Fsp3) is 0.909. The van der Waals surface area contributed by atoms with Gasteiger partial charge in [-0.25, -0.2) is 4.79 Å². The highest BCUT2D eigenvalue weighted by Crippen LogP contribution is 2.42. The molecule has 1 aliphatic carbocycles. The maximum atomic E-state index is 10.7. The van der Waals surface area contributed by atoms with Crippen LogP contribution in [0.15, 0.2) is 0 Å². The molecule has 0 aromatic rings. The summed E-state index contributed by atoms with van der Waals surface area (Å²) in [5, 5.41) is 18.2. The summed E-state index contributed by atoms with van der Waals surface area (Å²) in [6.07, 6.45) is 1.58. The van der Waals surface area contributed by atoms with E-state index in [9.17, 15) is 9.90 Å². The van der Waals surface area contributed by atoms with Gasteiger partial charge in [0.1, 0.15) is 0 Å². The monoisotopic (exact) mass is 200 g/mol. The minimum absolute atomic E-state index is 0.0775. The van der Waals surface area contributed by atoms with E-state index in [1.54, 1.807) is 0 Å². The summed E-state index contributed by atoms with van der Waals surface area (Å²) >= 11 is 0. The highest BCUT2D eigenvalue weighted by atomic mass is 16.4. The van der Waals surface area contributed by atoms with Crippen molar-refractivity contribution in [1.29, 1.82) is 0 Å². The number of hydrogen-bond donors (Lipinski definition) is 2. The van der Waals surface area contributed by atoms with Crippen LogP contribution in [0.25, 0.3) is 0 Å². The van der Waals surface area contributed by atoms with Gasteiger partial charge >= 0.3 is 5.97 Å². The van der Waals surface area contributed by atoms with Gasteiger partial charge in [-0.1, -0.05) is 20.8 Å². The summed E-state index contributed by atoms with van der Waals surface area (Å²) in [4.78, 5) is 10.7. The molecule has 0 heterocycles. The first-order chi connectivity index (χ1) is 6.32. The normalized spacial score (nSPS) is 33.7. The summed E-state index contributed by atoms with van der Waals surface area (Å²) < 4.78 is 0. The molecule has 2 N–H and O–H groups in total. The lowest BCUT2D eigenvalue weighted by Gasteiger charge is -2.39. The minimum atomic E-state index is -1.18. The number of aliphatic hydroxyl groups is 1. The van der Waals surface area contributed by atoms with Crippen LogP contribution in [0.3, 0.4) is 0 Å². The van der Waals surface area contributed by atoms with Gasteiger partial charge in [0.2, 0.25) is 0 Å². The standard InChI is InChI=1S/C11H20O3/c1-7-4-8(9(12)10(13)14)6-11(2,3)5-7/h7-9,12H,4-6H2,1-3H3,(H,13,14). The average Bonchev–Trinajstić information content (AvgIpc) is 1.98. The van der Waals surface area contributed by atoms with Crippen LogP contribution in [0, 0.1) is 17.3 Å². The Balaban J connectivity index is 2.66. The Kier molecular flexibility index (Phi) is 3.20. The van der Waals surface area contributed by atoms with Crippen molar-refractivity contribution in [3.8, 4) is 0 Å². The number of carboxylic acid groups (broad SMARTS) is 1. The van der Waals surface area contributed by atoms with Crippen LogP contribution in [-0.2, 0) is 4.79 Å². The van der Waals surface area contributed by atoms with Crippen molar-refractivity contribution in [2.75, 3.05) is 0 Å². The number of aliphatic hydroxyl groups excluding tert-OH is 1. The Bertz CT molecular complexity index is 223. The van der Waals surface area contributed by atoms with Gasteiger partial charge in [-0.05, 0) is 36.5 Å². The second-order valence-electron chi connectivity index (χ2n) is 5.46. The van der Waals surface area contributed by atoms with E-state index in [2.05, 4.69) is 20.8 Å². The van der Waals surface area contributed by atoms with Crippen LogP contribution in [0.1, 0.15) is 40.0 Å². The van der Waals surface area contributed by atoms with E-state index in [4.69, 9.17) is 5.11 Å². The van der Waals surface area contributed by atoms with Crippen LogP contribution in [0.2, 0.25) is 0 Å². The predicted molar refractivity (Wildman–Crippen MR) is 53.9 cm³/mol. The van der Waals surface area contributed by atoms with E-state index in [0.717, 1.165) is 19.3 Å². The van der Waals surface area contributed by atoms with Crippen LogP contribution in [0.4, 0.5) is 0 Å². The lowest BCUT2D eigenvalue weighted by atomic mass is 9.66. The summed E-state index contributed by atoms with van der Waals surface area (Å²) in [6.45, 7) is 6.41. The number of carbonyl (C=O) groups is 1. The first kappa shape index (κ1) is 11.5. The van der Waals surface area contributed by atoms with E-state index in [1.807, 2.05) is 0 Å². The van der Waals surface area contributed by atoms with Gasteiger partial charge in [0.25, 0.3) is 0 Å². The zero-order valence-electron chi connectivity index (χ0n) is 9.16. The van der Waals surface area contributed by atoms with E-state index in [0.29, 0.717) is 5.92 Å². The zero-order chi connectivity index (χ0) is 10.9. The molecule has 1 fully saturated rings. The van der Waals surface area contributed by atoms with Crippen molar-refractivity contribution in [3.63, 3.8) is 0 Å². The van der Waals surface area contributed by atoms with Gasteiger partial charge in [-0.3, -0.25) is 0 Å². The lowest BCUT2D eigenvalue weighted by Crippen LogP contribution is -2.38. The summed E-state index contributed by atoms with van der Waals surface area (Å²) in [6, 6.07) is 0. The fourth-order valence-electron chi connectivity index (χ4n) is 2.86. The molecule has 0 spiro atoms. The number of carboxylic acids is 1. The Morgan fingerprint density at radius 1 is 1.43 bits per heavy atom. The first-order valence-electron chi connectivity index (χ1n) is 5.23. The molecule has 3 unspecified atom stereocenters. The van der Waals surface area contributed by atoms with Gasteiger partial charge in [0.05, 0.1) is 0 Å². The van der Waals surface area contributed by atoms with Crippen molar-refractivity contribution >= 4 is 5.97 Å². The number of hydrogen-bond acceptors (Lipinski definition) is 2. The van der Waals surface area contributed by atoms with Crippen LogP contribution in [-0.4, -0.2) is 22.3 Å². The topological polar surface area (TPSA) is 57.5 Å². The van der Waals surface area contributed by atoms with Gasteiger partial charge in [0, 0.05) is 0 Å². The molecule has 0 radical (unpaired) electrons. The molecule has 0 aliphatic heterocycles. The predicted octanol–water partition coefficient (Wildman–Crippen LogP) is 1.89. The quantitative estimate of drug-likeness (QED) is 0.715. The maximum Gasteiger partial charge on any atom is 0.332 e. The molecule has 0 bridgehead atoms. The first-order valence-corrected chi connectivity index (χ1v) is 5.23. The van der Waals surface area contributed by atoms with Crippen LogP contribution >= 0.6 is 0 Å². The van der Waals surface area contributed by atoms with Crippen molar-refractivity contribution in [1.82, 2.24) is 0 Å². The van der Waals surface area contributed by atoms with Crippen molar-refractivity contribution in [2.24, 2.45) is 17.3 Å². The smallest absolute Gasteiger partial charge is 0.332 e. The van der Waals surface area contributed by atoms with Crippen molar-refractivity contribution in [3.05, 3.63) is 0 Å². The Morgan fingerprint density at radius 2 is 2.00 bits per heavy atom. The highest BCUT2D eigenvalue weighted by Gasteiger charge is 2.37. The molecular weight excluding hydrogens is 180 g/mol. The Morgan fingerprint density at radius 3 is 2.43 bits per heavy atom. The lowest BCUT2D eigenvalue weighted by molar-refractivity contribution is -0.151. The number of rotatable bonds is 2. The second-order valence-corrected chi connectivity index (χ2v) is 5.46.